The van der Waals surface area contributed by atoms with E-state index in [0.717, 1.165) is 16.3 Å². The Morgan fingerprint density at radius 3 is 3.14 bits per heavy atom. The number of nitrogens with zero attached hydrogens (tertiary/aromatic N) is 4. The highest BCUT2D eigenvalue weighted by atomic mass is 32.1. The molecular weight excluding hydrogens is 302 g/mol. The highest BCUT2D eigenvalue weighted by molar-refractivity contribution is 7.15. The summed E-state index contributed by atoms with van der Waals surface area (Å²) >= 11 is 1.60. The number of hydrogen-bond acceptors (Lipinski definition) is 5. The normalized spacial score (nSPS) is 11.0. The molecule has 0 bridgehead atoms. The number of amides is 2. The van der Waals surface area contributed by atoms with Gasteiger partial charge in [-0.1, -0.05) is 5.16 Å². The second-order valence-corrected chi connectivity index (χ2v) is 5.97. The highest BCUT2D eigenvalue weighted by Gasteiger charge is 2.11. The average Bonchev–Trinajstić information content (AvgIpc) is 3.15. The fourth-order valence-electron chi connectivity index (χ4n) is 2.13. The molecule has 0 saturated carbocycles. The van der Waals surface area contributed by atoms with Crippen molar-refractivity contribution in [2.75, 3.05) is 13.6 Å². The molecule has 0 aliphatic rings. The third-order valence-corrected chi connectivity index (χ3v) is 3.99. The van der Waals surface area contributed by atoms with E-state index in [1.807, 2.05) is 35.2 Å². The van der Waals surface area contributed by atoms with E-state index in [2.05, 4.69) is 15.5 Å². The third kappa shape index (κ3) is 3.28. The summed E-state index contributed by atoms with van der Waals surface area (Å²) in [5.41, 5.74) is 1.78. The number of urea groups is 1. The van der Waals surface area contributed by atoms with Crippen LogP contribution >= 0.6 is 11.3 Å². The Morgan fingerprint density at radius 2 is 2.41 bits per heavy atom. The number of rotatable bonds is 5. The molecule has 0 aromatic carbocycles. The van der Waals surface area contributed by atoms with E-state index in [4.69, 9.17) is 4.52 Å². The van der Waals surface area contributed by atoms with Crippen molar-refractivity contribution >= 4 is 22.3 Å². The van der Waals surface area contributed by atoms with Crippen molar-refractivity contribution in [2.24, 2.45) is 0 Å². The molecule has 3 heterocycles. The molecule has 2 amide bonds. The van der Waals surface area contributed by atoms with Crippen molar-refractivity contribution in [1.82, 2.24) is 24.8 Å². The van der Waals surface area contributed by atoms with Crippen LogP contribution in [0.2, 0.25) is 0 Å². The van der Waals surface area contributed by atoms with Gasteiger partial charge < -0.3 is 14.7 Å². The van der Waals surface area contributed by atoms with Crippen molar-refractivity contribution in [3.05, 3.63) is 41.0 Å². The molecule has 0 unspecified atom stereocenters. The maximum atomic E-state index is 12.0. The van der Waals surface area contributed by atoms with Gasteiger partial charge in [0.1, 0.15) is 0 Å². The van der Waals surface area contributed by atoms with Crippen LogP contribution in [0.5, 0.6) is 0 Å². The molecule has 116 valence electrons. The summed E-state index contributed by atoms with van der Waals surface area (Å²) < 4.78 is 7.09. The molecule has 0 spiro atoms. The summed E-state index contributed by atoms with van der Waals surface area (Å²) in [6.07, 6.45) is 4.66. The Bertz CT molecular complexity index is 746. The first-order chi connectivity index (χ1) is 10.6. The quantitative estimate of drug-likeness (QED) is 0.781. The molecule has 3 aromatic heterocycles. The largest absolute Gasteiger partial charge is 0.359 e. The van der Waals surface area contributed by atoms with Crippen LogP contribution in [-0.2, 0) is 13.0 Å². The van der Waals surface area contributed by atoms with Gasteiger partial charge in [0, 0.05) is 43.9 Å². The van der Waals surface area contributed by atoms with Crippen LogP contribution in [0, 0.1) is 6.92 Å². The monoisotopic (exact) mass is 319 g/mol. The fourth-order valence-corrected chi connectivity index (χ4v) is 2.84. The Kier molecular flexibility index (Phi) is 4.10. The van der Waals surface area contributed by atoms with Gasteiger partial charge in [-0.05, 0) is 6.92 Å². The number of carbonyl (C=O) groups is 1. The van der Waals surface area contributed by atoms with Crippen molar-refractivity contribution in [3.8, 4) is 0 Å². The molecule has 0 aliphatic heterocycles. The first kappa shape index (κ1) is 14.6. The summed E-state index contributed by atoms with van der Waals surface area (Å²) in [6, 6.07) is 1.68. The van der Waals surface area contributed by atoms with Crippen molar-refractivity contribution in [2.45, 2.75) is 19.9 Å². The van der Waals surface area contributed by atoms with Crippen LogP contribution < -0.4 is 5.32 Å². The summed E-state index contributed by atoms with van der Waals surface area (Å²) in [5, 5.41) is 8.67. The van der Waals surface area contributed by atoms with Crippen LogP contribution in [-0.4, -0.2) is 39.1 Å². The number of nitrogens with one attached hydrogen (secondary N) is 1. The van der Waals surface area contributed by atoms with Crippen molar-refractivity contribution in [1.29, 1.82) is 0 Å². The maximum absolute atomic E-state index is 12.0. The standard InChI is InChI=1S/C14H17N5O2S/c1-10-7-12(21-17-10)9-18(2)13(20)15-4-3-11-8-19-5-6-22-14(19)16-11/h5-8H,3-4,9H2,1-2H3,(H,15,20). The van der Waals surface area contributed by atoms with E-state index in [1.165, 1.54) is 0 Å². The minimum Gasteiger partial charge on any atom is -0.359 e. The molecule has 3 aromatic rings. The lowest BCUT2D eigenvalue weighted by Crippen LogP contribution is -2.37. The van der Waals surface area contributed by atoms with Crippen LogP contribution in [0.25, 0.3) is 4.96 Å². The lowest BCUT2D eigenvalue weighted by Gasteiger charge is -2.15. The Labute approximate surface area is 131 Å². The molecular formula is C14H17N5O2S. The van der Waals surface area contributed by atoms with Crippen LogP contribution in [0.15, 0.2) is 28.4 Å². The van der Waals surface area contributed by atoms with E-state index in [-0.39, 0.29) is 6.03 Å². The number of aromatic nitrogens is 3. The summed E-state index contributed by atoms with van der Waals surface area (Å²) in [6.45, 7) is 2.79. The molecule has 0 saturated heterocycles. The number of fused-ring (bicyclic) bond motifs is 1. The number of aryl methyl sites for hydroxylation is 1. The number of imidazole rings is 1. The Hall–Kier alpha value is -2.35. The predicted molar refractivity (Wildman–Crippen MR) is 82.9 cm³/mol. The van der Waals surface area contributed by atoms with Gasteiger partial charge in [0.05, 0.1) is 17.9 Å². The van der Waals surface area contributed by atoms with E-state index in [0.29, 0.717) is 25.3 Å². The first-order valence-corrected chi connectivity index (χ1v) is 7.82. The number of hydrogen-bond donors (Lipinski definition) is 1. The number of carbonyl (C=O) groups excluding carboxylic acids is 1. The van der Waals surface area contributed by atoms with Gasteiger partial charge in [0.2, 0.25) is 0 Å². The van der Waals surface area contributed by atoms with Gasteiger partial charge in [0.15, 0.2) is 10.7 Å². The molecule has 1 N–H and O–H groups in total. The van der Waals surface area contributed by atoms with Crippen molar-refractivity contribution in [3.63, 3.8) is 0 Å². The van der Waals surface area contributed by atoms with Gasteiger partial charge in [-0.25, -0.2) is 9.78 Å². The molecule has 3 rings (SSSR count). The topological polar surface area (TPSA) is 75.7 Å². The summed E-state index contributed by atoms with van der Waals surface area (Å²) in [4.78, 5) is 19.0. The SMILES string of the molecule is Cc1cc(CN(C)C(=O)NCCc2cn3ccsc3n2)on1. The predicted octanol–water partition coefficient (Wildman–Crippen LogP) is 2.08. The van der Waals surface area contributed by atoms with E-state index in [1.54, 1.807) is 23.3 Å². The van der Waals surface area contributed by atoms with Crippen LogP contribution in [0.4, 0.5) is 4.79 Å². The van der Waals surface area contributed by atoms with E-state index < -0.39 is 0 Å². The van der Waals surface area contributed by atoms with E-state index >= 15 is 0 Å². The molecule has 8 heteroatoms. The first-order valence-electron chi connectivity index (χ1n) is 6.94. The Morgan fingerprint density at radius 1 is 1.55 bits per heavy atom. The lowest BCUT2D eigenvalue weighted by molar-refractivity contribution is 0.201. The molecule has 0 radical (unpaired) electrons. The third-order valence-electron chi connectivity index (χ3n) is 3.22. The number of thiazole rings is 1. The molecule has 22 heavy (non-hydrogen) atoms. The highest BCUT2D eigenvalue weighted by Crippen LogP contribution is 2.11. The fraction of sp³-hybridized carbons (Fsp3) is 0.357. The maximum Gasteiger partial charge on any atom is 0.317 e. The van der Waals surface area contributed by atoms with Crippen LogP contribution in [0.1, 0.15) is 17.1 Å². The minimum atomic E-state index is -0.143. The van der Waals surface area contributed by atoms with Crippen molar-refractivity contribution < 1.29 is 9.32 Å². The molecule has 0 fully saturated rings. The van der Waals surface area contributed by atoms with Gasteiger partial charge in [-0.3, -0.25) is 4.40 Å². The van der Waals surface area contributed by atoms with Crippen LogP contribution in [0.3, 0.4) is 0 Å². The molecule has 7 nitrogen and oxygen atoms in total. The lowest BCUT2D eigenvalue weighted by atomic mass is 10.3. The second kappa shape index (κ2) is 6.18. The van der Waals surface area contributed by atoms with E-state index in [9.17, 15) is 4.79 Å². The van der Waals surface area contributed by atoms with Gasteiger partial charge in [-0.2, -0.15) is 0 Å². The smallest absolute Gasteiger partial charge is 0.317 e. The zero-order chi connectivity index (χ0) is 15.5. The minimum absolute atomic E-state index is 0.143. The van der Waals surface area contributed by atoms with Gasteiger partial charge in [-0.15, -0.1) is 11.3 Å². The zero-order valence-corrected chi connectivity index (χ0v) is 13.3. The van der Waals surface area contributed by atoms with Gasteiger partial charge in [0.25, 0.3) is 0 Å². The van der Waals surface area contributed by atoms with Gasteiger partial charge >= 0.3 is 6.03 Å². The zero-order valence-electron chi connectivity index (χ0n) is 12.4. The average molecular weight is 319 g/mol. The Balaban J connectivity index is 1.46. The second-order valence-electron chi connectivity index (χ2n) is 5.10. The summed E-state index contributed by atoms with van der Waals surface area (Å²) in [5.74, 6) is 0.671. The summed E-state index contributed by atoms with van der Waals surface area (Å²) in [7, 11) is 1.72. The molecule has 0 atom stereocenters. The molecule has 0 aliphatic carbocycles.